The summed E-state index contributed by atoms with van der Waals surface area (Å²) in [4.78, 5) is 47.9. The van der Waals surface area contributed by atoms with Crippen LogP contribution in [0.15, 0.2) is 41.3 Å². The highest BCUT2D eigenvalue weighted by Gasteiger charge is 2.31. The Bertz CT molecular complexity index is 1260. The molecule has 0 bridgehead atoms. The molecule has 1 aliphatic heterocycles. The minimum atomic E-state index is -0.947. The maximum Gasteiger partial charge on any atom is 0.354 e. The molecule has 1 aromatic carbocycles. The number of aromatic nitrogens is 2. The highest BCUT2D eigenvalue weighted by molar-refractivity contribution is 5.89. The molecule has 1 saturated heterocycles. The number of nitrogens with two attached hydrogens (primary N) is 2. The fraction of sp³-hybridized carbons (Fsp3) is 0.613. The number of nitrogens with one attached hydrogen (secondary N) is 1. The summed E-state index contributed by atoms with van der Waals surface area (Å²) in [6.45, 7) is 11.5. The molecule has 1 aromatic heterocycles. The van der Waals surface area contributed by atoms with Gasteiger partial charge >= 0.3 is 11.7 Å². The minimum absolute atomic E-state index is 0.140. The number of hydrogen-bond donors (Lipinski definition) is 3. The van der Waals surface area contributed by atoms with E-state index in [1.807, 2.05) is 12.1 Å². The standard InChI is InChI=1S/C31H48N8O3/c1-5-36(21-24-7-6-8-25(32)20-24)22(2)19-23-9-11-26(12-10-23)39-14-13-27(35-30(39)42)34-29(41)38-17-15-37(16-18-38)28(40)31(3,4)33/h9-14,22,24-25H,5-8,15-21,32-33H2,1-4H3,(H,34,35,41,42)/t22?,24?,25-/m0/s1. The van der Waals surface area contributed by atoms with Gasteiger partial charge in [-0.3, -0.25) is 14.7 Å². The van der Waals surface area contributed by atoms with Gasteiger partial charge in [-0.05, 0) is 82.7 Å². The first-order valence-electron chi connectivity index (χ1n) is 15.3. The van der Waals surface area contributed by atoms with Crippen LogP contribution in [0.5, 0.6) is 0 Å². The van der Waals surface area contributed by atoms with Crippen LogP contribution in [0.3, 0.4) is 0 Å². The molecule has 11 nitrogen and oxygen atoms in total. The predicted molar refractivity (Wildman–Crippen MR) is 166 cm³/mol. The van der Waals surface area contributed by atoms with Crippen molar-refractivity contribution < 1.29 is 9.59 Å². The highest BCUT2D eigenvalue weighted by atomic mass is 16.2. The molecule has 2 aromatic rings. The molecule has 0 radical (unpaired) electrons. The first kappa shape index (κ1) is 31.7. The van der Waals surface area contributed by atoms with Gasteiger partial charge in [-0.25, -0.2) is 9.59 Å². The molecule has 2 heterocycles. The summed E-state index contributed by atoms with van der Waals surface area (Å²) in [6, 6.07) is 10.0. The van der Waals surface area contributed by atoms with E-state index in [0.717, 1.165) is 32.4 Å². The number of likely N-dealkylation sites (N-methyl/N-ethyl adjacent to an activating group) is 1. The van der Waals surface area contributed by atoms with Crippen molar-refractivity contribution in [3.05, 3.63) is 52.6 Å². The molecule has 2 fully saturated rings. The third-order valence-electron chi connectivity index (χ3n) is 8.54. The number of amides is 3. The van der Waals surface area contributed by atoms with Gasteiger partial charge in [0.1, 0.15) is 5.82 Å². The van der Waals surface area contributed by atoms with Crippen LogP contribution in [0.4, 0.5) is 10.6 Å². The van der Waals surface area contributed by atoms with Gasteiger partial charge in [0.05, 0.1) is 11.2 Å². The molecular weight excluding hydrogens is 532 g/mol. The summed E-state index contributed by atoms with van der Waals surface area (Å²) >= 11 is 0. The lowest BCUT2D eigenvalue weighted by Crippen LogP contribution is -2.58. The molecule has 1 saturated carbocycles. The topological polar surface area (TPSA) is 143 Å². The molecule has 230 valence electrons. The number of nitrogens with zero attached hydrogens (tertiary/aromatic N) is 5. The molecule has 5 N–H and O–H groups in total. The van der Waals surface area contributed by atoms with E-state index in [1.165, 1.54) is 23.0 Å². The van der Waals surface area contributed by atoms with Gasteiger partial charge in [0, 0.05) is 51.0 Å². The van der Waals surface area contributed by atoms with Crippen molar-refractivity contribution in [3.63, 3.8) is 0 Å². The third kappa shape index (κ3) is 8.17. The molecule has 0 spiro atoms. The lowest BCUT2D eigenvalue weighted by Gasteiger charge is -2.37. The van der Waals surface area contributed by atoms with Crippen molar-refractivity contribution in [1.82, 2.24) is 24.3 Å². The van der Waals surface area contributed by atoms with E-state index >= 15 is 0 Å². The number of carbonyl (C=O) groups excluding carboxylic acids is 2. The normalized spacial score (nSPS) is 20.5. The first-order valence-corrected chi connectivity index (χ1v) is 15.3. The Morgan fingerprint density at radius 3 is 2.36 bits per heavy atom. The summed E-state index contributed by atoms with van der Waals surface area (Å²) in [5.41, 5.74) is 12.6. The predicted octanol–water partition coefficient (Wildman–Crippen LogP) is 2.42. The van der Waals surface area contributed by atoms with Gasteiger partial charge in [-0.1, -0.05) is 25.5 Å². The molecule has 42 heavy (non-hydrogen) atoms. The number of hydrogen-bond acceptors (Lipinski definition) is 7. The van der Waals surface area contributed by atoms with Crippen molar-refractivity contribution in [1.29, 1.82) is 0 Å². The smallest absolute Gasteiger partial charge is 0.338 e. The molecule has 11 heteroatoms. The van der Waals surface area contributed by atoms with Crippen LogP contribution in [0.1, 0.15) is 58.9 Å². The fourth-order valence-electron chi connectivity index (χ4n) is 6.09. The SMILES string of the molecule is CCN(CC1CCC[C@H](N)C1)C(C)Cc1ccc(-n2ccc(NC(=O)N3CCN(C(=O)C(C)(C)N)CC3)nc2=O)cc1. The number of anilines is 1. The second-order valence-corrected chi connectivity index (χ2v) is 12.5. The van der Waals surface area contributed by atoms with E-state index in [-0.39, 0.29) is 17.8 Å². The van der Waals surface area contributed by atoms with Crippen LogP contribution in [0.25, 0.3) is 5.69 Å². The number of rotatable bonds is 9. The Morgan fingerprint density at radius 2 is 1.76 bits per heavy atom. The van der Waals surface area contributed by atoms with E-state index in [0.29, 0.717) is 49.9 Å². The van der Waals surface area contributed by atoms with E-state index in [1.54, 1.807) is 35.9 Å². The van der Waals surface area contributed by atoms with Gasteiger partial charge in [0.15, 0.2) is 0 Å². The van der Waals surface area contributed by atoms with E-state index in [4.69, 9.17) is 11.5 Å². The highest BCUT2D eigenvalue weighted by Crippen LogP contribution is 2.25. The Morgan fingerprint density at radius 1 is 1.10 bits per heavy atom. The lowest BCUT2D eigenvalue weighted by atomic mass is 9.85. The summed E-state index contributed by atoms with van der Waals surface area (Å²) in [5, 5.41) is 2.71. The Balaban J connectivity index is 1.31. The van der Waals surface area contributed by atoms with E-state index in [9.17, 15) is 14.4 Å². The van der Waals surface area contributed by atoms with Crippen LogP contribution >= 0.6 is 0 Å². The van der Waals surface area contributed by atoms with Crippen LogP contribution in [0.2, 0.25) is 0 Å². The van der Waals surface area contributed by atoms with E-state index in [2.05, 4.69) is 41.2 Å². The van der Waals surface area contributed by atoms with Crippen LogP contribution < -0.4 is 22.5 Å². The zero-order valence-corrected chi connectivity index (χ0v) is 25.6. The zero-order chi connectivity index (χ0) is 30.4. The number of urea groups is 1. The number of carbonyl (C=O) groups is 2. The van der Waals surface area contributed by atoms with Gasteiger partial charge in [0.25, 0.3) is 0 Å². The van der Waals surface area contributed by atoms with Gasteiger partial charge in [0.2, 0.25) is 5.91 Å². The molecule has 2 unspecified atom stereocenters. The van der Waals surface area contributed by atoms with Crippen molar-refractivity contribution in [2.24, 2.45) is 17.4 Å². The molecule has 2 aliphatic rings. The summed E-state index contributed by atoms with van der Waals surface area (Å²) in [5.74, 6) is 0.723. The quantitative estimate of drug-likeness (QED) is 0.413. The number of piperazine rings is 1. The molecule has 1 aliphatic carbocycles. The largest absolute Gasteiger partial charge is 0.354 e. The Labute approximate surface area is 249 Å². The Kier molecular flexibility index (Phi) is 10.4. The maximum atomic E-state index is 12.8. The second-order valence-electron chi connectivity index (χ2n) is 12.5. The molecule has 4 rings (SSSR count). The second kappa shape index (κ2) is 13.8. The monoisotopic (exact) mass is 580 g/mol. The summed E-state index contributed by atoms with van der Waals surface area (Å²) in [6.07, 6.45) is 7.32. The molecule has 3 amide bonds. The zero-order valence-electron chi connectivity index (χ0n) is 25.6. The van der Waals surface area contributed by atoms with Crippen LogP contribution in [-0.2, 0) is 11.2 Å². The number of benzene rings is 1. The summed E-state index contributed by atoms with van der Waals surface area (Å²) in [7, 11) is 0. The van der Waals surface area contributed by atoms with Crippen molar-refractivity contribution in [2.45, 2.75) is 77.4 Å². The summed E-state index contributed by atoms with van der Waals surface area (Å²) < 4.78 is 1.46. The first-order chi connectivity index (χ1) is 19.9. The van der Waals surface area contributed by atoms with Crippen molar-refractivity contribution >= 4 is 17.8 Å². The van der Waals surface area contributed by atoms with Gasteiger partial charge < -0.3 is 26.2 Å². The van der Waals surface area contributed by atoms with Crippen LogP contribution in [0, 0.1) is 5.92 Å². The molecule has 3 atom stereocenters. The van der Waals surface area contributed by atoms with Crippen molar-refractivity contribution in [2.75, 3.05) is 44.6 Å². The fourth-order valence-corrected chi connectivity index (χ4v) is 6.09. The average molecular weight is 581 g/mol. The maximum absolute atomic E-state index is 12.8. The van der Waals surface area contributed by atoms with Gasteiger partial charge in [-0.2, -0.15) is 4.98 Å². The minimum Gasteiger partial charge on any atom is -0.338 e. The average Bonchev–Trinajstić information content (AvgIpc) is 2.95. The third-order valence-corrected chi connectivity index (χ3v) is 8.54. The van der Waals surface area contributed by atoms with Crippen LogP contribution in [-0.4, -0.2) is 93.1 Å². The lowest BCUT2D eigenvalue weighted by molar-refractivity contribution is -0.137. The van der Waals surface area contributed by atoms with Gasteiger partial charge in [-0.15, -0.1) is 0 Å². The molecular formula is C31H48N8O3. The van der Waals surface area contributed by atoms with Crippen molar-refractivity contribution in [3.8, 4) is 5.69 Å². The Hall–Kier alpha value is -3.28. The van der Waals surface area contributed by atoms with E-state index < -0.39 is 11.2 Å².